The van der Waals surface area contributed by atoms with Crippen LogP contribution in [0.1, 0.15) is 25.0 Å². The van der Waals surface area contributed by atoms with Gasteiger partial charge in [-0.05, 0) is 19.1 Å². The van der Waals surface area contributed by atoms with Crippen molar-refractivity contribution in [1.82, 2.24) is 5.32 Å². The summed E-state index contributed by atoms with van der Waals surface area (Å²) in [6.07, 6.45) is -1.23. The van der Waals surface area contributed by atoms with Gasteiger partial charge in [-0.15, -0.1) is 0 Å². The van der Waals surface area contributed by atoms with E-state index < -0.39 is 23.6 Å². The number of aliphatic hydroxyl groups is 1. The van der Waals surface area contributed by atoms with E-state index in [1.807, 2.05) is 0 Å². The largest absolute Gasteiger partial charge is 0.387 e. The third-order valence-electron chi connectivity index (χ3n) is 2.50. The summed E-state index contributed by atoms with van der Waals surface area (Å²) in [4.78, 5) is 10.6. The van der Waals surface area contributed by atoms with E-state index in [2.05, 4.69) is 5.32 Å². The molecule has 0 radical (unpaired) electrons. The summed E-state index contributed by atoms with van der Waals surface area (Å²) in [5.41, 5.74) is 4.62. The van der Waals surface area contributed by atoms with Gasteiger partial charge in [-0.25, -0.2) is 8.78 Å². The molecule has 4 nitrogen and oxygen atoms in total. The summed E-state index contributed by atoms with van der Waals surface area (Å²) >= 11 is 0. The molecule has 1 aromatic carbocycles. The van der Waals surface area contributed by atoms with Crippen LogP contribution in [-0.4, -0.2) is 23.6 Å². The van der Waals surface area contributed by atoms with Gasteiger partial charge < -0.3 is 16.2 Å². The van der Waals surface area contributed by atoms with Gasteiger partial charge in [0.15, 0.2) is 0 Å². The number of amides is 1. The van der Waals surface area contributed by atoms with E-state index in [0.29, 0.717) is 0 Å². The van der Waals surface area contributed by atoms with Crippen LogP contribution in [0.25, 0.3) is 0 Å². The smallest absolute Gasteiger partial charge is 0.218 e. The summed E-state index contributed by atoms with van der Waals surface area (Å²) in [5, 5.41) is 12.5. The lowest BCUT2D eigenvalue weighted by atomic mass is 10.1. The quantitative estimate of drug-likeness (QED) is 0.708. The number of carbonyl (C=O) groups is 1. The molecule has 6 heteroatoms. The minimum Gasteiger partial charge on any atom is -0.387 e. The fourth-order valence-corrected chi connectivity index (χ4v) is 1.62. The van der Waals surface area contributed by atoms with E-state index in [0.717, 1.165) is 12.1 Å². The Labute approximate surface area is 104 Å². The van der Waals surface area contributed by atoms with Gasteiger partial charge in [0.1, 0.15) is 11.6 Å². The molecule has 0 saturated heterocycles. The highest BCUT2D eigenvalue weighted by molar-refractivity contribution is 5.74. The highest BCUT2D eigenvalue weighted by Gasteiger charge is 2.18. The molecule has 0 spiro atoms. The lowest BCUT2D eigenvalue weighted by molar-refractivity contribution is -0.118. The van der Waals surface area contributed by atoms with Crippen molar-refractivity contribution in [1.29, 1.82) is 0 Å². The zero-order chi connectivity index (χ0) is 13.7. The number of halogens is 2. The van der Waals surface area contributed by atoms with Crippen LogP contribution >= 0.6 is 0 Å². The highest BCUT2D eigenvalue weighted by Crippen LogP contribution is 2.20. The standard InChI is InChI=1S/C12H16F2N2O2/c1-7(5-11(15)18)16-6-10(17)12-8(13)3-2-4-9(12)14/h2-4,7,10,16-17H,5-6H2,1H3,(H2,15,18). The first-order chi connectivity index (χ1) is 8.41. The zero-order valence-corrected chi connectivity index (χ0v) is 9.99. The van der Waals surface area contributed by atoms with Crippen molar-refractivity contribution in [3.63, 3.8) is 0 Å². The number of carbonyl (C=O) groups excluding carboxylic acids is 1. The van der Waals surface area contributed by atoms with Crippen LogP contribution in [0, 0.1) is 11.6 Å². The molecule has 4 N–H and O–H groups in total. The predicted molar refractivity (Wildman–Crippen MR) is 62.6 cm³/mol. The van der Waals surface area contributed by atoms with Crippen molar-refractivity contribution in [3.8, 4) is 0 Å². The highest BCUT2D eigenvalue weighted by atomic mass is 19.1. The Balaban J connectivity index is 2.60. The van der Waals surface area contributed by atoms with Gasteiger partial charge in [0, 0.05) is 19.0 Å². The van der Waals surface area contributed by atoms with Crippen LogP contribution in [0.3, 0.4) is 0 Å². The second-order valence-corrected chi connectivity index (χ2v) is 4.13. The maximum atomic E-state index is 13.3. The monoisotopic (exact) mass is 258 g/mol. The van der Waals surface area contributed by atoms with Crippen molar-refractivity contribution in [2.75, 3.05) is 6.54 Å². The Morgan fingerprint density at radius 3 is 2.50 bits per heavy atom. The maximum Gasteiger partial charge on any atom is 0.218 e. The Bertz CT molecular complexity index is 406. The molecular formula is C12H16F2N2O2. The Morgan fingerprint density at radius 2 is 2.00 bits per heavy atom. The minimum absolute atomic E-state index is 0.0632. The first kappa shape index (κ1) is 14.5. The molecule has 0 aliphatic heterocycles. The van der Waals surface area contributed by atoms with Crippen molar-refractivity contribution in [2.45, 2.75) is 25.5 Å². The van der Waals surface area contributed by atoms with Crippen molar-refractivity contribution < 1.29 is 18.7 Å². The number of rotatable bonds is 6. The van der Waals surface area contributed by atoms with Crippen LogP contribution in [-0.2, 0) is 4.79 Å². The van der Waals surface area contributed by atoms with Gasteiger partial charge in [0.25, 0.3) is 0 Å². The maximum absolute atomic E-state index is 13.3. The van der Waals surface area contributed by atoms with Gasteiger partial charge in [-0.3, -0.25) is 4.79 Å². The molecule has 0 aromatic heterocycles. The SMILES string of the molecule is CC(CC(N)=O)NCC(O)c1c(F)cccc1F. The Morgan fingerprint density at radius 1 is 1.44 bits per heavy atom. The molecule has 1 rings (SSSR count). The second-order valence-electron chi connectivity index (χ2n) is 4.13. The third-order valence-corrected chi connectivity index (χ3v) is 2.50. The van der Waals surface area contributed by atoms with E-state index in [1.54, 1.807) is 6.92 Å². The zero-order valence-electron chi connectivity index (χ0n) is 9.99. The minimum atomic E-state index is -1.32. The Kier molecular flexibility index (Phi) is 5.18. The van der Waals surface area contributed by atoms with Gasteiger partial charge in [-0.1, -0.05) is 6.07 Å². The average molecular weight is 258 g/mol. The molecule has 0 aliphatic rings. The molecular weight excluding hydrogens is 242 g/mol. The molecule has 1 amide bonds. The van der Waals surface area contributed by atoms with Gasteiger partial charge in [-0.2, -0.15) is 0 Å². The third kappa shape index (κ3) is 4.05. The van der Waals surface area contributed by atoms with E-state index in [9.17, 15) is 18.7 Å². The van der Waals surface area contributed by atoms with Gasteiger partial charge in [0.2, 0.25) is 5.91 Å². The second kappa shape index (κ2) is 6.42. The summed E-state index contributed by atoms with van der Waals surface area (Å²) < 4.78 is 26.7. The number of nitrogens with one attached hydrogen (secondary N) is 1. The van der Waals surface area contributed by atoms with E-state index in [1.165, 1.54) is 6.07 Å². The molecule has 18 heavy (non-hydrogen) atoms. The fraction of sp³-hybridized carbons (Fsp3) is 0.417. The molecule has 100 valence electrons. The number of nitrogens with two attached hydrogens (primary N) is 1. The van der Waals surface area contributed by atoms with Gasteiger partial charge >= 0.3 is 0 Å². The lowest BCUT2D eigenvalue weighted by Crippen LogP contribution is -2.34. The Hall–Kier alpha value is -1.53. The normalized spacial score (nSPS) is 14.2. The van der Waals surface area contributed by atoms with Crippen molar-refractivity contribution >= 4 is 5.91 Å². The molecule has 0 saturated carbocycles. The van der Waals surface area contributed by atoms with E-state index in [-0.39, 0.29) is 24.6 Å². The fourth-order valence-electron chi connectivity index (χ4n) is 1.62. The summed E-state index contributed by atoms with van der Waals surface area (Å²) in [6, 6.07) is 3.11. The number of benzene rings is 1. The van der Waals surface area contributed by atoms with Crippen LogP contribution in [0.15, 0.2) is 18.2 Å². The first-order valence-electron chi connectivity index (χ1n) is 5.55. The van der Waals surface area contributed by atoms with Crippen molar-refractivity contribution in [3.05, 3.63) is 35.4 Å². The molecule has 0 bridgehead atoms. The topological polar surface area (TPSA) is 75.4 Å². The summed E-state index contributed by atoms with van der Waals surface area (Å²) in [5.74, 6) is -2.08. The van der Waals surface area contributed by atoms with E-state index >= 15 is 0 Å². The van der Waals surface area contributed by atoms with Crippen LogP contribution in [0.4, 0.5) is 8.78 Å². The molecule has 0 aliphatic carbocycles. The van der Waals surface area contributed by atoms with Crippen LogP contribution < -0.4 is 11.1 Å². The molecule has 1 aromatic rings. The number of aliphatic hydroxyl groups excluding tert-OH is 1. The molecule has 2 unspecified atom stereocenters. The van der Waals surface area contributed by atoms with E-state index in [4.69, 9.17) is 5.73 Å². The van der Waals surface area contributed by atoms with Crippen LogP contribution in [0.5, 0.6) is 0 Å². The van der Waals surface area contributed by atoms with Crippen molar-refractivity contribution in [2.24, 2.45) is 5.73 Å². The molecule has 2 atom stereocenters. The number of hydrogen-bond donors (Lipinski definition) is 3. The average Bonchev–Trinajstić information content (AvgIpc) is 2.25. The number of primary amides is 1. The summed E-state index contributed by atoms with van der Waals surface area (Å²) in [7, 11) is 0. The summed E-state index contributed by atoms with van der Waals surface area (Å²) in [6.45, 7) is 1.63. The number of hydrogen-bond acceptors (Lipinski definition) is 3. The lowest BCUT2D eigenvalue weighted by Gasteiger charge is -2.17. The van der Waals surface area contributed by atoms with Gasteiger partial charge in [0.05, 0.1) is 11.7 Å². The molecule has 0 heterocycles. The van der Waals surface area contributed by atoms with Crippen LogP contribution in [0.2, 0.25) is 0 Å². The molecule has 0 fully saturated rings. The first-order valence-corrected chi connectivity index (χ1v) is 5.55. The predicted octanol–water partition coefficient (Wildman–Crippen LogP) is 0.852.